The van der Waals surface area contributed by atoms with Gasteiger partial charge in [-0.2, -0.15) is 0 Å². The summed E-state index contributed by atoms with van der Waals surface area (Å²) < 4.78 is 0. The fourth-order valence-electron chi connectivity index (χ4n) is 3.09. The third-order valence-electron chi connectivity index (χ3n) is 4.68. The first-order valence-electron chi connectivity index (χ1n) is 7.94. The second-order valence-electron chi connectivity index (χ2n) is 6.07. The summed E-state index contributed by atoms with van der Waals surface area (Å²) in [6.07, 6.45) is 6.80. The summed E-state index contributed by atoms with van der Waals surface area (Å²) in [6, 6.07) is 3.88. The van der Waals surface area contributed by atoms with Crippen LogP contribution in [0.4, 0.5) is 5.82 Å². The number of nitrogens with zero attached hydrogens (tertiary/aromatic N) is 2. The van der Waals surface area contributed by atoms with Gasteiger partial charge in [-0.25, -0.2) is 0 Å². The molecule has 2 rings (SSSR count). The van der Waals surface area contributed by atoms with Crippen LogP contribution in [-0.2, 0) is 0 Å². The van der Waals surface area contributed by atoms with Crippen molar-refractivity contribution < 1.29 is 4.79 Å². The first kappa shape index (κ1) is 15.7. The van der Waals surface area contributed by atoms with E-state index in [2.05, 4.69) is 34.7 Å². The third-order valence-corrected chi connectivity index (χ3v) is 4.68. The number of rotatable bonds is 5. The van der Waals surface area contributed by atoms with Gasteiger partial charge in [0, 0.05) is 13.1 Å². The Kier molecular flexibility index (Phi) is 5.53. The van der Waals surface area contributed by atoms with Gasteiger partial charge in [-0.1, -0.05) is 39.0 Å². The highest BCUT2D eigenvalue weighted by Gasteiger charge is 2.24. The van der Waals surface area contributed by atoms with E-state index in [1.165, 1.54) is 32.1 Å². The van der Waals surface area contributed by atoms with Gasteiger partial charge in [-0.05, 0) is 30.9 Å². The van der Waals surface area contributed by atoms with Crippen LogP contribution in [0.2, 0.25) is 0 Å². The Hall–Kier alpha value is -1.65. The molecule has 0 bridgehead atoms. The molecule has 116 valence electrons. The Bertz CT molecular complexity index is 454. The molecule has 1 fully saturated rings. The minimum Gasteiger partial charge on any atom is -0.366 e. The highest BCUT2D eigenvalue weighted by molar-refractivity contribution is 5.91. The lowest BCUT2D eigenvalue weighted by molar-refractivity contribution is 0.0957. The molecule has 5 nitrogen and oxygen atoms in total. The first-order chi connectivity index (χ1) is 10.1. The van der Waals surface area contributed by atoms with E-state index in [0.717, 1.165) is 11.7 Å². The van der Waals surface area contributed by atoms with Crippen LogP contribution in [0.3, 0.4) is 0 Å². The van der Waals surface area contributed by atoms with Gasteiger partial charge in [0.05, 0.1) is 0 Å². The highest BCUT2D eigenvalue weighted by Crippen LogP contribution is 2.32. The molecule has 2 atom stereocenters. The van der Waals surface area contributed by atoms with Crippen LogP contribution in [-0.4, -0.2) is 29.2 Å². The molecule has 1 aromatic heterocycles. The summed E-state index contributed by atoms with van der Waals surface area (Å²) in [7, 11) is 1.59. The number of hydrogen-bond acceptors (Lipinski definition) is 4. The van der Waals surface area contributed by atoms with Crippen molar-refractivity contribution >= 4 is 11.7 Å². The summed E-state index contributed by atoms with van der Waals surface area (Å²) in [5.74, 6) is 1.94. The molecule has 1 saturated carbocycles. The smallest absolute Gasteiger partial charge is 0.271 e. The number of carbonyl (C=O) groups is 1. The molecule has 5 heteroatoms. The van der Waals surface area contributed by atoms with Crippen molar-refractivity contribution in [2.75, 3.05) is 12.4 Å². The summed E-state index contributed by atoms with van der Waals surface area (Å²) in [5, 5.41) is 14.0. The maximum Gasteiger partial charge on any atom is 0.271 e. The Morgan fingerprint density at radius 2 is 1.90 bits per heavy atom. The number of amides is 1. The van der Waals surface area contributed by atoms with E-state index in [0.29, 0.717) is 17.7 Å². The second-order valence-corrected chi connectivity index (χ2v) is 6.07. The van der Waals surface area contributed by atoms with Crippen molar-refractivity contribution in [1.82, 2.24) is 15.5 Å². The van der Waals surface area contributed by atoms with E-state index in [1.807, 2.05) is 6.07 Å². The van der Waals surface area contributed by atoms with Gasteiger partial charge in [-0.15, -0.1) is 10.2 Å². The Balaban J connectivity index is 1.92. The van der Waals surface area contributed by atoms with Crippen LogP contribution in [0.5, 0.6) is 0 Å². The van der Waals surface area contributed by atoms with Crippen molar-refractivity contribution in [3.05, 3.63) is 17.8 Å². The molecule has 1 aromatic rings. The zero-order chi connectivity index (χ0) is 15.2. The molecular weight excluding hydrogens is 264 g/mol. The van der Waals surface area contributed by atoms with E-state index in [4.69, 9.17) is 0 Å². The minimum atomic E-state index is -0.210. The van der Waals surface area contributed by atoms with E-state index in [-0.39, 0.29) is 5.91 Å². The number of aromatic nitrogens is 2. The second kappa shape index (κ2) is 7.38. The average molecular weight is 290 g/mol. The van der Waals surface area contributed by atoms with Crippen LogP contribution in [0.1, 0.15) is 56.4 Å². The Morgan fingerprint density at radius 3 is 2.48 bits per heavy atom. The van der Waals surface area contributed by atoms with Gasteiger partial charge in [0.1, 0.15) is 5.82 Å². The molecule has 1 aliphatic rings. The van der Waals surface area contributed by atoms with Crippen molar-refractivity contribution in [2.24, 2.45) is 11.8 Å². The molecule has 0 radical (unpaired) electrons. The van der Waals surface area contributed by atoms with Gasteiger partial charge in [-0.3, -0.25) is 4.79 Å². The largest absolute Gasteiger partial charge is 0.366 e. The molecule has 2 N–H and O–H groups in total. The summed E-state index contributed by atoms with van der Waals surface area (Å²) >= 11 is 0. The minimum absolute atomic E-state index is 0.210. The lowest BCUT2D eigenvalue weighted by atomic mass is 9.78. The van der Waals surface area contributed by atoms with Crippen molar-refractivity contribution in [3.63, 3.8) is 0 Å². The van der Waals surface area contributed by atoms with Crippen LogP contribution < -0.4 is 10.6 Å². The van der Waals surface area contributed by atoms with Crippen molar-refractivity contribution in [2.45, 2.75) is 52.0 Å². The zero-order valence-electron chi connectivity index (χ0n) is 13.2. The normalized spacial score (nSPS) is 18.8. The first-order valence-corrected chi connectivity index (χ1v) is 7.94. The monoisotopic (exact) mass is 290 g/mol. The molecule has 1 amide bonds. The van der Waals surface area contributed by atoms with Gasteiger partial charge in [0.25, 0.3) is 5.91 Å². The predicted molar refractivity (Wildman–Crippen MR) is 84.2 cm³/mol. The predicted octanol–water partition coefficient (Wildman–Crippen LogP) is 2.85. The molecule has 0 spiro atoms. The fourth-order valence-corrected chi connectivity index (χ4v) is 3.09. The standard InChI is InChI=1S/C16H26N4O/c1-11(13-7-5-4-6-8-13)12(2)18-15-10-9-14(19-20-15)16(21)17-3/h9-13H,4-8H2,1-3H3,(H,17,21)(H,18,20). The molecular formula is C16H26N4O. The SMILES string of the molecule is CNC(=O)c1ccc(NC(C)C(C)C2CCCCC2)nn1. The molecule has 1 heterocycles. The Labute approximate surface area is 126 Å². The lowest BCUT2D eigenvalue weighted by Gasteiger charge is -2.32. The topological polar surface area (TPSA) is 66.9 Å². The van der Waals surface area contributed by atoms with Gasteiger partial charge < -0.3 is 10.6 Å². The highest BCUT2D eigenvalue weighted by atomic mass is 16.1. The van der Waals surface area contributed by atoms with E-state index in [1.54, 1.807) is 13.1 Å². The van der Waals surface area contributed by atoms with E-state index in [9.17, 15) is 4.79 Å². The van der Waals surface area contributed by atoms with Crippen LogP contribution >= 0.6 is 0 Å². The number of anilines is 1. The van der Waals surface area contributed by atoms with E-state index < -0.39 is 0 Å². The summed E-state index contributed by atoms with van der Waals surface area (Å²) in [5.41, 5.74) is 0.344. The maximum atomic E-state index is 11.4. The van der Waals surface area contributed by atoms with E-state index >= 15 is 0 Å². The summed E-state index contributed by atoms with van der Waals surface area (Å²) in [6.45, 7) is 4.52. The molecule has 0 aliphatic heterocycles. The van der Waals surface area contributed by atoms with Gasteiger partial charge in [0.15, 0.2) is 5.69 Å². The average Bonchev–Trinajstić information content (AvgIpc) is 2.55. The van der Waals surface area contributed by atoms with Crippen LogP contribution in [0.15, 0.2) is 12.1 Å². The molecule has 1 aliphatic carbocycles. The fraction of sp³-hybridized carbons (Fsp3) is 0.688. The number of hydrogen-bond donors (Lipinski definition) is 2. The van der Waals surface area contributed by atoms with Crippen molar-refractivity contribution in [3.8, 4) is 0 Å². The quantitative estimate of drug-likeness (QED) is 0.875. The number of nitrogens with one attached hydrogen (secondary N) is 2. The zero-order valence-corrected chi connectivity index (χ0v) is 13.2. The van der Waals surface area contributed by atoms with Crippen molar-refractivity contribution in [1.29, 1.82) is 0 Å². The third kappa shape index (κ3) is 4.16. The van der Waals surface area contributed by atoms with Crippen LogP contribution in [0.25, 0.3) is 0 Å². The molecule has 2 unspecified atom stereocenters. The Morgan fingerprint density at radius 1 is 1.19 bits per heavy atom. The lowest BCUT2D eigenvalue weighted by Crippen LogP contribution is -2.31. The molecule has 0 aromatic carbocycles. The van der Waals surface area contributed by atoms with Gasteiger partial charge in [0.2, 0.25) is 0 Å². The maximum absolute atomic E-state index is 11.4. The van der Waals surface area contributed by atoms with Crippen LogP contribution in [0, 0.1) is 11.8 Å². The molecule has 21 heavy (non-hydrogen) atoms. The molecule has 0 saturated heterocycles. The van der Waals surface area contributed by atoms with Gasteiger partial charge >= 0.3 is 0 Å². The summed E-state index contributed by atoms with van der Waals surface area (Å²) in [4.78, 5) is 11.4. The number of carbonyl (C=O) groups excluding carboxylic acids is 1.